The van der Waals surface area contributed by atoms with Crippen LogP contribution in [0.25, 0.3) is 0 Å². The smallest absolute Gasteiger partial charge is 0.326 e. The first-order chi connectivity index (χ1) is 9.92. The van der Waals surface area contributed by atoms with Gasteiger partial charge in [0.1, 0.15) is 16.8 Å². The highest BCUT2D eigenvalue weighted by atomic mass is 32.2. The lowest BCUT2D eigenvalue weighted by Crippen LogP contribution is -2.34. The number of hydrogen-bond acceptors (Lipinski definition) is 3. The topological polar surface area (TPSA) is 83.5 Å². The van der Waals surface area contributed by atoms with Gasteiger partial charge in [-0.15, -0.1) is 0 Å². The Morgan fingerprint density at radius 3 is 2.19 bits per heavy atom. The zero-order chi connectivity index (χ0) is 15.5. The van der Waals surface area contributed by atoms with E-state index in [1.54, 1.807) is 18.2 Å². The summed E-state index contributed by atoms with van der Waals surface area (Å²) in [5, 5.41) is 9.19. The van der Waals surface area contributed by atoms with E-state index in [-0.39, 0.29) is 5.56 Å². The van der Waals surface area contributed by atoms with Gasteiger partial charge in [-0.2, -0.15) is 4.72 Å². The Morgan fingerprint density at radius 1 is 1.05 bits per heavy atom. The van der Waals surface area contributed by atoms with Crippen LogP contribution in [0.3, 0.4) is 0 Å². The van der Waals surface area contributed by atoms with Gasteiger partial charge < -0.3 is 5.11 Å². The van der Waals surface area contributed by atoms with E-state index in [4.69, 9.17) is 0 Å². The van der Waals surface area contributed by atoms with Gasteiger partial charge >= 0.3 is 5.97 Å². The van der Waals surface area contributed by atoms with Crippen molar-refractivity contribution in [1.82, 2.24) is 4.72 Å². The van der Waals surface area contributed by atoms with Crippen molar-refractivity contribution < 1.29 is 22.7 Å². The molecule has 0 heterocycles. The second-order valence-electron chi connectivity index (χ2n) is 4.23. The third-order valence-corrected chi connectivity index (χ3v) is 4.24. The number of rotatable bonds is 5. The zero-order valence-electron chi connectivity index (χ0n) is 10.7. The van der Waals surface area contributed by atoms with Crippen molar-refractivity contribution in [3.8, 4) is 0 Å². The molecule has 0 fully saturated rings. The minimum Gasteiger partial charge on any atom is -0.480 e. The molecule has 2 aromatic rings. The Balaban J connectivity index is 2.38. The van der Waals surface area contributed by atoms with Crippen molar-refractivity contribution in [3.05, 3.63) is 66.0 Å². The van der Waals surface area contributed by atoms with Crippen LogP contribution in [0.15, 0.2) is 59.5 Å². The molecule has 2 rings (SSSR count). The first-order valence-electron chi connectivity index (χ1n) is 5.96. The molecule has 0 aliphatic carbocycles. The van der Waals surface area contributed by atoms with E-state index < -0.39 is 32.7 Å². The number of nitrogens with one attached hydrogen (secondary N) is 1. The van der Waals surface area contributed by atoms with Gasteiger partial charge in [-0.25, -0.2) is 12.8 Å². The van der Waals surface area contributed by atoms with Gasteiger partial charge in [-0.3, -0.25) is 4.79 Å². The van der Waals surface area contributed by atoms with E-state index in [2.05, 4.69) is 0 Å². The highest BCUT2D eigenvalue weighted by molar-refractivity contribution is 7.89. The zero-order valence-corrected chi connectivity index (χ0v) is 11.5. The molecule has 0 unspecified atom stereocenters. The maximum absolute atomic E-state index is 13.6. The third-order valence-electron chi connectivity index (χ3n) is 2.78. The van der Waals surface area contributed by atoms with Crippen LogP contribution in [0, 0.1) is 5.82 Å². The van der Waals surface area contributed by atoms with Crippen LogP contribution in [-0.2, 0) is 14.8 Å². The number of carboxylic acids is 1. The number of benzene rings is 2. The van der Waals surface area contributed by atoms with Crippen molar-refractivity contribution in [3.63, 3.8) is 0 Å². The predicted molar refractivity (Wildman–Crippen MR) is 73.5 cm³/mol. The molecule has 1 atom stereocenters. The average Bonchev–Trinajstić information content (AvgIpc) is 2.46. The van der Waals surface area contributed by atoms with E-state index >= 15 is 0 Å². The monoisotopic (exact) mass is 309 g/mol. The first-order valence-corrected chi connectivity index (χ1v) is 7.45. The van der Waals surface area contributed by atoms with Crippen LogP contribution >= 0.6 is 0 Å². The summed E-state index contributed by atoms with van der Waals surface area (Å²) in [7, 11) is -4.29. The SMILES string of the molecule is O=C(O)[C@@H](NS(=O)(=O)c1ccccc1F)c1ccccc1. The van der Waals surface area contributed by atoms with Gasteiger partial charge in [-0.05, 0) is 17.7 Å². The van der Waals surface area contributed by atoms with E-state index in [1.165, 1.54) is 24.3 Å². The van der Waals surface area contributed by atoms with Gasteiger partial charge in [0.15, 0.2) is 0 Å². The Hall–Kier alpha value is -2.25. The molecule has 0 radical (unpaired) electrons. The fourth-order valence-electron chi connectivity index (χ4n) is 1.79. The summed E-state index contributed by atoms with van der Waals surface area (Å²) in [6.07, 6.45) is 0. The molecule has 0 aliphatic heterocycles. The lowest BCUT2D eigenvalue weighted by molar-refractivity contribution is -0.139. The Labute approximate surface area is 121 Å². The molecule has 0 spiro atoms. The van der Waals surface area contributed by atoms with Crippen LogP contribution in [-0.4, -0.2) is 19.5 Å². The maximum atomic E-state index is 13.6. The number of halogens is 1. The van der Waals surface area contributed by atoms with Gasteiger partial charge in [-0.1, -0.05) is 42.5 Å². The highest BCUT2D eigenvalue weighted by Gasteiger charge is 2.28. The number of aliphatic carboxylic acids is 1. The second-order valence-corrected chi connectivity index (χ2v) is 5.92. The fourth-order valence-corrected chi connectivity index (χ4v) is 3.04. The molecule has 0 saturated carbocycles. The van der Waals surface area contributed by atoms with Crippen LogP contribution in [0.2, 0.25) is 0 Å². The Bertz CT molecular complexity index is 747. The molecule has 0 bridgehead atoms. The number of hydrogen-bond donors (Lipinski definition) is 2. The first kappa shape index (κ1) is 15.1. The standard InChI is InChI=1S/C14H12FNO4S/c15-11-8-4-5-9-12(11)21(19,20)16-13(14(17)18)10-6-2-1-3-7-10/h1-9,13,16H,(H,17,18)/t13-/m0/s1. The van der Waals surface area contributed by atoms with Crippen LogP contribution in [0.4, 0.5) is 4.39 Å². The fraction of sp³-hybridized carbons (Fsp3) is 0.0714. The van der Waals surface area contributed by atoms with E-state index in [9.17, 15) is 22.7 Å². The molecule has 0 amide bonds. The quantitative estimate of drug-likeness (QED) is 0.884. The second kappa shape index (κ2) is 6.02. The lowest BCUT2D eigenvalue weighted by atomic mass is 10.1. The van der Waals surface area contributed by atoms with E-state index in [0.717, 1.165) is 12.1 Å². The molecule has 5 nitrogen and oxygen atoms in total. The number of sulfonamides is 1. The molecule has 21 heavy (non-hydrogen) atoms. The highest BCUT2D eigenvalue weighted by Crippen LogP contribution is 2.19. The largest absolute Gasteiger partial charge is 0.480 e. The van der Waals surface area contributed by atoms with Crippen LogP contribution in [0.5, 0.6) is 0 Å². The van der Waals surface area contributed by atoms with Crippen LogP contribution < -0.4 is 4.72 Å². The summed E-state index contributed by atoms with van der Waals surface area (Å²) in [6.45, 7) is 0. The Kier molecular flexibility index (Phi) is 4.35. The van der Waals surface area contributed by atoms with E-state index in [1.807, 2.05) is 4.72 Å². The summed E-state index contributed by atoms with van der Waals surface area (Å²) in [6, 6.07) is 11.1. The molecule has 7 heteroatoms. The van der Waals surface area contributed by atoms with Crippen molar-refractivity contribution in [2.45, 2.75) is 10.9 Å². The molecule has 0 saturated heterocycles. The molecule has 110 valence electrons. The average molecular weight is 309 g/mol. The molecule has 2 N–H and O–H groups in total. The lowest BCUT2D eigenvalue weighted by Gasteiger charge is -2.15. The molecular formula is C14H12FNO4S. The molecule has 2 aromatic carbocycles. The minimum atomic E-state index is -4.29. The number of carboxylic acid groups (broad SMARTS) is 1. The normalized spacial score (nSPS) is 12.8. The van der Waals surface area contributed by atoms with E-state index in [0.29, 0.717) is 0 Å². The summed E-state index contributed by atoms with van der Waals surface area (Å²) in [5.41, 5.74) is 0.255. The van der Waals surface area contributed by atoms with Gasteiger partial charge in [0.25, 0.3) is 0 Å². The van der Waals surface area contributed by atoms with Crippen molar-refractivity contribution >= 4 is 16.0 Å². The third kappa shape index (κ3) is 3.45. The Morgan fingerprint density at radius 2 is 1.62 bits per heavy atom. The molecular weight excluding hydrogens is 297 g/mol. The molecule has 0 aromatic heterocycles. The summed E-state index contributed by atoms with van der Waals surface area (Å²) < 4.78 is 39.8. The van der Waals surface area contributed by atoms with Crippen molar-refractivity contribution in [2.75, 3.05) is 0 Å². The number of carbonyl (C=O) groups is 1. The van der Waals surface area contributed by atoms with Gasteiger partial charge in [0.05, 0.1) is 0 Å². The minimum absolute atomic E-state index is 0.255. The molecule has 0 aliphatic rings. The summed E-state index contributed by atoms with van der Waals surface area (Å²) in [5.74, 6) is -2.32. The maximum Gasteiger partial charge on any atom is 0.326 e. The predicted octanol–water partition coefficient (Wildman–Crippen LogP) is 1.93. The van der Waals surface area contributed by atoms with Crippen molar-refractivity contribution in [1.29, 1.82) is 0 Å². The van der Waals surface area contributed by atoms with Crippen LogP contribution in [0.1, 0.15) is 11.6 Å². The van der Waals surface area contributed by atoms with Crippen molar-refractivity contribution in [2.24, 2.45) is 0 Å². The summed E-state index contributed by atoms with van der Waals surface area (Å²) in [4.78, 5) is 10.7. The summed E-state index contributed by atoms with van der Waals surface area (Å²) >= 11 is 0. The van der Waals surface area contributed by atoms with Gasteiger partial charge in [0, 0.05) is 0 Å². The van der Waals surface area contributed by atoms with Gasteiger partial charge in [0.2, 0.25) is 10.0 Å².